The van der Waals surface area contributed by atoms with Gasteiger partial charge in [-0.25, -0.2) is 0 Å². The Morgan fingerprint density at radius 1 is 0.949 bits per heavy atom. The van der Waals surface area contributed by atoms with E-state index in [1.807, 2.05) is 79.7 Å². The van der Waals surface area contributed by atoms with E-state index in [1.165, 1.54) is 4.90 Å². The number of benzene rings is 3. The van der Waals surface area contributed by atoms with Crippen molar-refractivity contribution in [3.05, 3.63) is 99.9 Å². The fourth-order valence-electron chi connectivity index (χ4n) is 5.05. The quantitative estimate of drug-likeness (QED) is 0.226. The molecule has 4 aromatic rings. The highest BCUT2D eigenvalue weighted by molar-refractivity contribution is 9.10. The summed E-state index contributed by atoms with van der Waals surface area (Å²) in [6.07, 6.45) is 0. The van der Waals surface area contributed by atoms with Crippen LogP contribution in [0.2, 0.25) is 0 Å². The number of fused-ring (bicyclic) bond motifs is 1. The average Bonchev–Trinajstić information content (AvgIpc) is 3.47. The highest BCUT2D eigenvalue weighted by atomic mass is 79.9. The molecule has 39 heavy (non-hydrogen) atoms. The van der Waals surface area contributed by atoms with Gasteiger partial charge in [-0.3, -0.25) is 14.5 Å². The zero-order valence-corrected chi connectivity index (χ0v) is 23.9. The largest absolute Gasteiger partial charge is 0.503 e. The Bertz CT molecular complexity index is 1570. The van der Waals surface area contributed by atoms with E-state index in [9.17, 15) is 14.7 Å². The third-order valence-electron chi connectivity index (χ3n) is 7.14. The number of hydrogen-bond donors (Lipinski definition) is 1. The second-order valence-electron chi connectivity index (χ2n) is 9.64. The second kappa shape index (κ2) is 10.6. The van der Waals surface area contributed by atoms with Crippen molar-refractivity contribution in [3.8, 4) is 0 Å². The average molecular weight is 589 g/mol. The van der Waals surface area contributed by atoms with Crippen molar-refractivity contribution in [3.63, 3.8) is 0 Å². The number of carbonyl (C=O) groups is 2. The minimum absolute atomic E-state index is 0.00889. The highest BCUT2D eigenvalue weighted by Crippen LogP contribution is 2.43. The molecule has 0 fully saturated rings. The SMILES string of the molecule is CCN(CC)c1ccc(C2C(C(=O)c3cc4cc(Br)ccc4o3)=C(O)C(=O)N2c2ccc(N(C)C)cc2)cc1. The van der Waals surface area contributed by atoms with Crippen LogP contribution in [-0.4, -0.2) is 44.0 Å². The monoisotopic (exact) mass is 587 g/mol. The predicted molar refractivity (Wildman–Crippen MR) is 159 cm³/mol. The van der Waals surface area contributed by atoms with Gasteiger partial charge in [-0.15, -0.1) is 0 Å². The van der Waals surface area contributed by atoms with Crippen LogP contribution in [0, 0.1) is 0 Å². The van der Waals surface area contributed by atoms with Crippen LogP contribution in [-0.2, 0) is 4.79 Å². The van der Waals surface area contributed by atoms with Gasteiger partial charge in [0.05, 0.1) is 11.6 Å². The molecule has 1 aliphatic heterocycles. The maximum Gasteiger partial charge on any atom is 0.294 e. The maximum atomic E-state index is 13.9. The molecule has 8 heteroatoms. The third-order valence-corrected chi connectivity index (χ3v) is 7.63. The number of furan rings is 1. The fourth-order valence-corrected chi connectivity index (χ4v) is 5.42. The summed E-state index contributed by atoms with van der Waals surface area (Å²) < 4.78 is 6.72. The third kappa shape index (κ3) is 4.81. The number of rotatable bonds is 8. The molecule has 0 bridgehead atoms. The molecular weight excluding hydrogens is 558 g/mol. The summed E-state index contributed by atoms with van der Waals surface area (Å²) >= 11 is 3.44. The lowest BCUT2D eigenvalue weighted by atomic mass is 9.94. The zero-order chi connectivity index (χ0) is 27.8. The van der Waals surface area contributed by atoms with E-state index in [1.54, 1.807) is 12.1 Å². The van der Waals surface area contributed by atoms with Crippen LogP contribution in [0.1, 0.15) is 36.0 Å². The van der Waals surface area contributed by atoms with Gasteiger partial charge in [0.15, 0.2) is 11.5 Å². The number of aliphatic hydroxyl groups excluding tert-OH is 1. The Balaban J connectivity index is 1.62. The summed E-state index contributed by atoms with van der Waals surface area (Å²) in [5, 5.41) is 11.9. The lowest BCUT2D eigenvalue weighted by molar-refractivity contribution is -0.117. The molecule has 5 rings (SSSR count). The Morgan fingerprint density at radius 3 is 2.21 bits per heavy atom. The van der Waals surface area contributed by atoms with Crippen LogP contribution in [0.3, 0.4) is 0 Å². The normalized spacial score (nSPS) is 15.4. The summed E-state index contributed by atoms with van der Waals surface area (Å²) in [6, 6.07) is 21.5. The number of nitrogens with zero attached hydrogens (tertiary/aromatic N) is 3. The van der Waals surface area contributed by atoms with Crippen molar-refractivity contribution in [2.45, 2.75) is 19.9 Å². The number of amides is 1. The zero-order valence-electron chi connectivity index (χ0n) is 22.3. The Labute approximate surface area is 236 Å². The van der Waals surface area contributed by atoms with Crippen molar-refractivity contribution in [2.24, 2.45) is 0 Å². The molecule has 1 unspecified atom stereocenters. The Morgan fingerprint density at radius 2 is 1.59 bits per heavy atom. The first-order chi connectivity index (χ1) is 18.7. The van der Waals surface area contributed by atoms with Crippen LogP contribution in [0.25, 0.3) is 11.0 Å². The number of aliphatic hydroxyl groups is 1. The van der Waals surface area contributed by atoms with Crippen LogP contribution >= 0.6 is 15.9 Å². The van der Waals surface area contributed by atoms with Gasteiger partial charge in [0.2, 0.25) is 5.78 Å². The van der Waals surface area contributed by atoms with Gasteiger partial charge in [0.1, 0.15) is 5.58 Å². The summed E-state index contributed by atoms with van der Waals surface area (Å²) in [7, 11) is 3.87. The highest BCUT2D eigenvalue weighted by Gasteiger charge is 2.45. The van der Waals surface area contributed by atoms with Crippen molar-refractivity contribution >= 4 is 55.7 Å². The molecule has 1 amide bonds. The van der Waals surface area contributed by atoms with Gasteiger partial charge in [0.25, 0.3) is 5.91 Å². The van der Waals surface area contributed by atoms with E-state index < -0.39 is 23.5 Å². The number of ketones is 1. The van der Waals surface area contributed by atoms with Crippen LogP contribution in [0.4, 0.5) is 17.1 Å². The van der Waals surface area contributed by atoms with Gasteiger partial charge in [-0.05, 0) is 80.1 Å². The maximum absolute atomic E-state index is 13.9. The molecular formula is C31H30BrN3O4. The lowest BCUT2D eigenvalue weighted by Gasteiger charge is -2.28. The van der Waals surface area contributed by atoms with Gasteiger partial charge in [-0.1, -0.05) is 28.1 Å². The van der Waals surface area contributed by atoms with Crippen LogP contribution in [0.15, 0.2) is 93.0 Å². The summed E-state index contributed by atoms with van der Waals surface area (Å²) in [5.41, 5.74) is 3.83. The standard InChI is InChI=1S/C31H30BrN3O4/c1-5-34(6-2)23-10-7-19(8-11-23)28-27(29(36)26-18-20-17-21(32)9-16-25(20)39-26)30(37)31(38)35(28)24-14-12-22(13-15-24)33(3)4/h7-18,28,37H,5-6H2,1-4H3. The van der Waals surface area contributed by atoms with Crippen molar-refractivity contribution in [1.82, 2.24) is 0 Å². The van der Waals surface area contributed by atoms with E-state index in [0.29, 0.717) is 16.8 Å². The molecule has 3 aromatic carbocycles. The molecule has 1 aliphatic rings. The molecule has 200 valence electrons. The van der Waals surface area contributed by atoms with Crippen LogP contribution in [0.5, 0.6) is 0 Å². The van der Waals surface area contributed by atoms with E-state index in [2.05, 4.69) is 34.7 Å². The second-order valence-corrected chi connectivity index (χ2v) is 10.6. The minimum atomic E-state index is -0.832. The van der Waals surface area contributed by atoms with Crippen molar-refractivity contribution in [2.75, 3.05) is 41.9 Å². The first-order valence-corrected chi connectivity index (χ1v) is 13.7. The summed E-state index contributed by atoms with van der Waals surface area (Å²) in [4.78, 5) is 33.1. The molecule has 7 nitrogen and oxygen atoms in total. The number of Topliss-reactive ketones (excluding diaryl/α,β-unsaturated/α-hetero) is 1. The lowest BCUT2D eigenvalue weighted by Crippen LogP contribution is -2.31. The molecule has 1 N–H and O–H groups in total. The first-order valence-electron chi connectivity index (χ1n) is 12.9. The Kier molecular flexibility index (Phi) is 7.23. The van der Waals surface area contributed by atoms with E-state index in [0.717, 1.165) is 34.3 Å². The summed E-state index contributed by atoms with van der Waals surface area (Å²) in [6.45, 7) is 5.90. The van der Waals surface area contributed by atoms with Gasteiger partial charge in [-0.2, -0.15) is 0 Å². The minimum Gasteiger partial charge on any atom is -0.503 e. The van der Waals surface area contributed by atoms with Crippen molar-refractivity contribution in [1.29, 1.82) is 0 Å². The van der Waals surface area contributed by atoms with Crippen molar-refractivity contribution < 1.29 is 19.1 Å². The van der Waals surface area contributed by atoms with Gasteiger partial charge >= 0.3 is 0 Å². The molecule has 1 atom stereocenters. The van der Waals surface area contributed by atoms with Gasteiger partial charge in [0, 0.05) is 54.1 Å². The molecule has 0 radical (unpaired) electrons. The van der Waals surface area contributed by atoms with E-state index in [4.69, 9.17) is 4.42 Å². The predicted octanol–water partition coefficient (Wildman–Crippen LogP) is 6.89. The first kappa shape index (κ1) is 26.6. The molecule has 0 saturated heterocycles. The molecule has 0 aliphatic carbocycles. The van der Waals surface area contributed by atoms with Crippen LogP contribution < -0.4 is 14.7 Å². The Hall–Kier alpha value is -4.04. The van der Waals surface area contributed by atoms with E-state index in [-0.39, 0.29) is 11.3 Å². The van der Waals surface area contributed by atoms with E-state index >= 15 is 0 Å². The molecule has 0 spiro atoms. The number of hydrogen-bond acceptors (Lipinski definition) is 6. The topological polar surface area (TPSA) is 77.2 Å². The summed E-state index contributed by atoms with van der Waals surface area (Å²) in [5.74, 6) is -1.67. The number of carbonyl (C=O) groups excluding carboxylic acids is 2. The molecule has 2 heterocycles. The molecule has 0 saturated carbocycles. The fraction of sp³-hybridized carbons (Fsp3) is 0.226. The number of anilines is 3. The molecule has 1 aromatic heterocycles. The smallest absolute Gasteiger partial charge is 0.294 e. The van der Waals surface area contributed by atoms with Gasteiger partial charge < -0.3 is 19.3 Å². The number of halogens is 1.